The standard InChI is InChI=1S/C14H17N3O2S2/c1-9-6-15-14(21-9)16-12(18)11-7-20-8-17(11)13(19)10-4-2-3-5-10/h4,6,11H,2-3,5,7-8H2,1H3,(H,15,16,18)/t11-/m1/s1. The van der Waals surface area contributed by atoms with E-state index < -0.39 is 6.04 Å². The number of rotatable bonds is 3. The van der Waals surface area contributed by atoms with Crippen molar-refractivity contribution in [2.24, 2.45) is 0 Å². The van der Waals surface area contributed by atoms with E-state index in [1.807, 2.05) is 13.0 Å². The minimum Gasteiger partial charge on any atom is -0.317 e. The zero-order valence-corrected chi connectivity index (χ0v) is 13.4. The van der Waals surface area contributed by atoms with E-state index in [-0.39, 0.29) is 11.8 Å². The van der Waals surface area contributed by atoms with Crippen molar-refractivity contribution >= 4 is 40.0 Å². The summed E-state index contributed by atoms with van der Waals surface area (Å²) in [6, 6.07) is -0.395. The van der Waals surface area contributed by atoms with Crippen molar-refractivity contribution in [1.29, 1.82) is 0 Å². The molecule has 2 amide bonds. The number of amides is 2. The fraction of sp³-hybridized carbons (Fsp3) is 0.500. The van der Waals surface area contributed by atoms with E-state index in [9.17, 15) is 9.59 Å². The lowest BCUT2D eigenvalue weighted by Gasteiger charge is -2.23. The molecule has 2 aliphatic rings. The Balaban J connectivity index is 1.68. The molecule has 1 aromatic rings. The highest BCUT2D eigenvalue weighted by Gasteiger charge is 2.36. The number of thioether (sulfide) groups is 1. The van der Waals surface area contributed by atoms with Crippen molar-refractivity contribution in [2.45, 2.75) is 32.2 Å². The van der Waals surface area contributed by atoms with Crippen LogP contribution in [0.25, 0.3) is 0 Å². The fourth-order valence-electron chi connectivity index (χ4n) is 2.51. The smallest absolute Gasteiger partial charge is 0.250 e. The average molecular weight is 323 g/mol. The third kappa shape index (κ3) is 3.13. The molecule has 0 bridgehead atoms. The summed E-state index contributed by atoms with van der Waals surface area (Å²) in [4.78, 5) is 31.7. The largest absolute Gasteiger partial charge is 0.317 e. The van der Waals surface area contributed by atoms with Gasteiger partial charge in [-0.15, -0.1) is 23.1 Å². The normalized spacial score (nSPS) is 21.5. The Morgan fingerprint density at radius 1 is 1.48 bits per heavy atom. The molecule has 1 fully saturated rings. The topological polar surface area (TPSA) is 62.3 Å². The molecule has 1 aromatic heterocycles. The van der Waals surface area contributed by atoms with E-state index in [1.165, 1.54) is 11.3 Å². The lowest BCUT2D eigenvalue weighted by atomic mass is 10.2. The molecule has 0 spiro atoms. The van der Waals surface area contributed by atoms with Gasteiger partial charge in [0, 0.05) is 22.4 Å². The van der Waals surface area contributed by atoms with Gasteiger partial charge in [-0.05, 0) is 26.2 Å². The molecule has 0 radical (unpaired) electrons. The lowest BCUT2D eigenvalue weighted by molar-refractivity contribution is -0.133. The van der Waals surface area contributed by atoms with E-state index in [0.717, 1.165) is 29.7 Å². The van der Waals surface area contributed by atoms with Crippen LogP contribution in [0.15, 0.2) is 17.8 Å². The van der Waals surface area contributed by atoms with Crippen LogP contribution in [0.1, 0.15) is 24.1 Å². The number of nitrogens with one attached hydrogen (secondary N) is 1. The zero-order valence-electron chi connectivity index (χ0n) is 11.8. The second kappa shape index (κ2) is 6.19. The number of aromatic nitrogens is 1. The summed E-state index contributed by atoms with van der Waals surface area (Å²) >= 11 is 3.07. The molecule has 2 heterocycles. The Kier molecular flexibility index (Phi) is 4.30. The van der Waals surface area contributed by atoms with E-state index >= 15 is 0 Å². The second-order valence-electron chi connectivity index (χ2n) is 5.18. The number of aryl methyl sites for hydroxylation is 1. The van der Waals surface area contributed by atoms with Gasteiger partial charge in [-0.3, -0.25) is 9.59 Å². The number of hydrogen-bond acceptors (Lipinski definition) is 5. The molecule has 0 unspecified atom stereocenters. The highest BCUT2D eigenvalue weighted by atomic mass is 32.2. The SMILES string of the molecule is Cc1cnc(NC(=O)[C@H]2CSCN2C(=O)C2=CCCC2)s1. The summed E-state index contributed by atoms with van der Waals surface area (Å²) in [5.41, 5.74) is 0.861. The van der Waals surface area contributed by atoms with Crippen molar-refractivity contribution in [3.8, 4) is 0 Å². The van der Waals surface area contributed by atoms with Gasteiger partial charge in [0.1, 0.15) is 6.04 Å². The third-order valence-corrected chi connectivity index (χ3v) is 5.45. The summed E-state index contributed by atoms with van der Waals surface area (Å²) in [7, 11) is 0. The highest BCUT2D eigenvalue weighted by Crippen LogP contribution is 2.28. The predicted octanol–water partition coefficient (Wildman–Crippen LogP) is 2.40. The van der Waals surface area contributed by atoms with Gasteiger partial charge >= 0.3 is 0 Å². The Hall–Kier alpha value is -1.34. The molecular formula is C14H17N3O2S2. The summed E-state index contributed by atoms with van der Waals surface area (Å²) in [5, 5.41) is 3.42. The average Bonchev–Trinajstić information content (AvgIpc) is 3.19. The van der Waals surface area contributed by atoms with Crippen molar-refractivity contribution in [2.75, 3.05) is 16.9 Å². The Bertz CT molecular complexity index is 597. The molecule has 112 valence electrons. The van der Waals surface area contributed by atoms with Crippen LogP contribution < -0.4 is 5.32 Å². The number of hydrogen-bond donors (Lipinski definition) is 1. The van der Waals surface area contributed by atoms with E-state index in [0.29, 0.717) is 16.8 Å². The Morgan fingerprint density at radius 2 is 2.33 bits per heavy atom. The van der Waals surface area contributed by atoms with Crippen LogP contribution in [0.2, 0.25) is 0 Å². The van der Waals surface area contributed by atoms with Gasteiger partial charge < -0.3 is 10.2 Å². The molecular weight excluding hydrogens is 306 g/mol. The maximum Gasteiger partial charge on any atom is 0.250 e. The molecule has 21 heavy (non-hydrogen) atoms. The van der Waals surface area contributed by atoms with Crippen molar-refractivity contribution in [3.63, 3.8) is 0 Å². The molecule has 1 atom stereocenters. The van der Waals surface area contributed by atoms with Gasteiger partial charge in [0.05, 0.1) is 5.88 Å². The van der Waals surface area contributed by atoms with Gasteiger partial charge in [0.25, 0.3) is 5.91 Å². The summed E-state index contributed by atoms with van der Waals surface area (Å²) in [5.74, 6) is 1.12. The van der Waals surface area contributed by atoms with Gasteiger partial charge in [-0.1, -0.05) is 6.08 Å². The highest BCUT2D eigenvalue weighted by molar-refractivity contribution is 7.99. The van der Waals surface area contributed by atoms with Crippen LogP contribution in [0.3, 0.4) is 0 Å². The van der Waals surface area contributed by atoms with Gasteiger partial charge in [0.15, 0.2) is 5.13 Å². The Morgan fingerprint density at radius 3 is 3.00 bits per heavy atom. The number of carbonyl (C=O) groups is 2. The molecule has 0 aromatic carbocycles. The number of thiazole rings is 1. The maximum atomic E-state index is 12.5. The van der Waals surface area contributed by atoms with Crippen LogP contribution in [-0.4, -0.2) is 39.4 Å². The monoisotopic (exact) mass is 323 g/mol. The quantitative estimate of drug-likeness (QED) is 0.928. The van der Waals surface area contributed by atoms with Gasteiger partial charge in [0.2, 0.25) is 5.91 Å². The van der Waals surface area contributed by atoms with Crippen LogP contribution in [0.5, 0.6) is 0 Å². The van der Waals surface area contributed by atoms with Crippen molar-refractivity contribution in [3.05, 3.63) is 22.7 Å². The summed E-state index contributed by atoms with van der Waals surface area (Å²) in [6.07, 6.45) is 6.58. The molecule has 1 saturated heterocycles. The minimum absolute atomic E-state index is 0.0213. The molecule has 0 saturated carbocycles. The molecule has 1 N–H and O–H groups in total. The fourth-order valence-corrected chi connectivity index (χ4v) is 4.33. The first-order chi connectivity index (χ1) is 10.1. The number of nitrogens with zero attached hydrogens (tertiary/aromatic N) is 2. The first-order valence-corrected chi connectivity index (χ1v) is 8.93. The molecule has 5 nitrogen and oxygen atoms in total. The molecule has 1 aliphatic carbocycles. The van der Waals surface area contributed by atoms with Crippen LogP contribution in [0, 0.1) is 6.92 Å². The Labute approximate surface area is 131 Å². The third-order valence-electron chi connectivity index (χ3n) is 3.61. The van der Waals surface area contributed by atoms with Crippen LogP contribution in [0.4, 0.5) is 5.13 Å². The van der Waals surface area contributed by atoms with Gasteiger partial charge in [-0.25, -0.2) is 4.98 Å². The number of allylic oxidation sites excluding steroid dienone is 1. The van der Waals surface area contributed by atoms with Crippen molar-refractivity contribution in [1.82, 2.24) is 9.88 Å². The number of anilines is 1. The predicted molar refractivity (Wildman–Crippen MR) is 85.4 cm³/mol. The van der Waals surface area contributed by atoms with Crippen LogP contribution >= 0.6 is 23.1 Å². The van der Waals surface area contributed by atoms with E-state index in [1.54, 1.807) is 22.9 Å². The van der Waals surface area contributed by atoms with E-state index in [2.05, 4.69) is 10.3 Å². The first kappa shape index (κ1) is 14.6. The minimum atomic E-state index is -0.395. The van der Waals surface area contributed by atoms with Gasteiger partial charge in [-0.2, -0.15) is 0 Å². The molecule has 7 heteroatoms. The first-order valence-electron chi connectivity index (χ1n) is 6.96. The second-order valence-corrected chi connectivity index (χ2v) is 7.41. The summed E-state index contributed by atoms with van der Waals surface area (Å²) in [6.45, 7) is 1.95. The lowest BCUT2D eigenvalue weighted by Crippen LogP contribution is -2.44. The number of carbonyl (C=O) groups excluding carboxylic acids is 2. The maximum absolute atomic E-state index is 12.5. The summed E-state index contributed by atoms with van der Waals surface area (Å²) < 4.78 is 0. The van der Waals surface area contributed by atoms with Crippen molar-refractivity contribution < 1.29 is 9.59 Å². The van der Waals surface area contributed by atoms with Crippen LogP contribution in [-0.2, 0) is 9.59 Å². The molecule has 3 rings (SSSR count). The zero-order chi connectivity index (χ0) is 14.8. The molecule has 1 aliphatic heterocycles. The van der Waals surface area contributed by atoms with E-state index in [4.69, 9.17) is 0 Å².